The highest BCUT2D eigenvalue weighted by molar-refractivity contribution is 5.80. The highest BCUT2D eigenvalue weighted by Crippen LogP contribution is 2.53. The van der Waals surface area contributed by atoms with Crippen LogP contribution in [0, 0.1) is 5.41 Å². The number of rotatable bonds is 2. The van der Waals surface area contributed by atoms with Crippen molar-refractivity contribution < 1.29 is 9.59 Å². The summed E-state index contributed by atoms with van der Waals surface area (Å²) in [4.78, 5) is 32.4. The molecule has 0 N–H and O–H groups in total. The fraction of sp³-hybridized carbons (Fsp3) is 0.905. The van der Waals surface area contributed by atoms with Crippen LogP contribution in [-0.2, 0) is 9.59 Å². The highest BCUT2D eigenvalue weighted by atomic mass is 16.2. The van der Waals surface area contributed by atoms with Gasteiger partial charge in [0.25, 0.3) is 0 Å². The van der Waals surface area contributed by atoms with Crippen molar-refractivity contribution in [1.82, 2.24) is 14.7 Å². The predicted molar refractivity (Wildman–Crippen MR) is 102 cm³/mol. The van der Waals surface area contributed by atoms with E-state index < -0.39 is 0 Å². The van der Waals surface area contributed by atoms with E-state index in [9.17, 15) is 9.59 Å². The van der Waals surface area contributed by atoms with Gasteiger partial charge in [0.05, 0.1) is 12.6 Å². The molecule has 2 amide bonds. The van der Waals surface area contributed by atoms with Crippen LogP contribution in [-0.4, -0.2) is 70.8 Å². The minimum atomic E-state index is 0.0829. The van der Waals surface area contributed by atoms with Crippen LogP contribution in [0.1, 0.15) is 71.6 Å². The van der Waals surface area contributed by atoms with E-state index in [4.69, 9.17) is 0 Å². The number of piperidine rings is 1. The van der Waals surface area contributed by atoms with Crippen molar-refractivity contribution in [2.45, 2.75) is 89.8 Å². The first-order valence-corrected chi connectivity index (χ1v) is 10.8. The SMILES string of the molecule is CC(=O)N1C[C@@H]2C[C@@]3(C)[C@H](CCCC[C@@H]13)N2C(=O)CN1CCCCCC1. The Morgan fingerprint density at radius 3 is 2.27 bits per heavy atom. The molecule has 3 aliphatic heterocycles. The number of carbonyl (C=O) groups excluding carboxylic acids is 2. The van der Waals surface area contributed by atoms with Crippen molar-refractivity contribution in [2.75, 3.05) is 26.2 Å². The van der Waals surface area contributed by atoms with Crippen molar-refractivity contribution in [1.29, 1.82) is 0 Å². The Kier molecular flexibility index (Phi) is 5.02. The first-order chi connectivity index (χ1) is 12.5. The number of nitrogens with zero attached hydrogens (tertiary/aromatic N) is 3. The van der Waals surface area contributed by atoms with Crippen molar-refractivity contribution in [3.63, 3.8) is 0 Å². The summed E-state index contributed by atoms with van der Waals surface area (Å²) in [5.41, 5.74) is 0.0829. The second-order valence-corrected chi connectivity index (χ2v) is 9.34. The number of hydrogen-bond acceptors (Lipinski definition) is 3. The molecule has 4 rings (SSSR count). The lowest BCUT2D eigenvalue weighted by molar-refractivity contribution is -0.138. The second-order valence-electron chi connectivity index (χ2n) is 9.34. The monoisotopic (exact) mass is 361 g/mol. The van der Waals surface area contributed by atoms with Gasteiger partial charge in [0.15, 0.2) is 0 Å². The first-order valence-electron chi connectivity index (χ1n) is 10.8. The Bertz CT molecular complexity index is 557. The molecule has 0 aromatic rings. The molecule has 1 saturated carbocycles. The third-order valence-corrected chi connectivity index (χ3v) is 7.67. The molecule has 5 heteroatoms. The summed E-state index contributed by atoms with van der Waals surface area (Å²) < 4.78 is 0. The maximum absolute atomic E-state index is 13.4. The lowest BCUT2D eigenvalue weighted by Gasteiger charge is -2.46. The smallest absolute Gasteiger partial charge is 0.237 e. The first kappa shape index (κ1) is 18.3. The summed E-state index contributed by atoms with van der Waals surface area (Å²) >= 11 is 0. The summed E-state index contributed by atoms with van der Waals surface area (Å²) in [5.74, 6) is 0.505. The third-order valence-electron chi connectivity index (χ3n) is 7.67. The van der Waals surface area contributed by atoms with Gasteiger partial charge in [-0.05, 0) is 45.2 Å². The Morgan fingerprint density at radius 1 is 0.962 bits per heavy atom. The van der Waals surface area contributed by atoms with Crippen LogP contribution in [0.2, 0.25) is 0 Å². The number of carbonyl (C=O) groups is 2. The van der Waals surface area contributed by atoms with Crippen molar-refractivity contribution in [3.05, 3.63) is 0 Å². The van der Waals surface area contributed by atoms with E-state index in [1.807, 2.05) is 0 Å². The van der Waals surface area contributed by atoms with E-state index in [0.29, 0.717) is 24.5 Å². The van der Waals surface area contributed by atoms with Gasteiger partial charge in [0.2, 0.25) is 11.8 Å². The molecular formula is C21H35N3O2. The highest BCUT2D eigenvalue weighted by Gasteiger charge is 2.60. The normalized spacial score (nSPS) is 38.0. The molecule has 4 aliphatic rings. The molecule has 4 atom stereocenters. The minimum absolute atomic E-state index is 0.0829. The molecule has 2 bridgehead atoms. The fourth-order valence-corrected chi connectivity index (χ4v) is 6.46. The van der Waals surface area contributed by atoms with E-state index in [-0.39, 0.29) is 17.4 Å². The van der Waals surface area contributed by atoms with Gasteiger partial charge in [-0.1, -0.05) is 32.6 Å². The molecule has 0 spiro atoms. The molecule has 0 radical (unpaired) electrons. The molecule has 0 unspecified atom stereocenters. The summed E-state index contributed by atoms with van der Waals surface area (Å²) in [5, 5.41) is 0. The van der Waals surface area contributed by atoms with Crippen LogP contribution in [0.25, 0.3) is 0 Å². The average Bonchev–Trinajstić information content (AvgIpc) is 2.82. The number of hydrogen-bond donors (Lipinski definition) is 0. The lowest BCUT2D eigenvalue weighted by Crippen LogP contribution is -2.55. The third kappa shape index (κ3) is 3.06. The molecule has 4 fully saturated rings. The zero-order valence-electron chi connectivity index (χ0n) is 16.6. The number of likely N-dealkylation sites (tertiary alicyclic amines) is 3. The van der Waals surface area contributed by atoms with Crippen molar-refractivity contribution in [2.24, 2.45) is 5.41 Å². The standard InChI is InChI=1S/C21H35N3O2/c1-16(25)23-14-17-13-21(2)18(23)9-5-6-10-19(21)24(17)20(26)15-22-11-7-3-4-8-12-22/h17-19H,3-15H2,1-2H3/t17-,18+,19-,21+/m0/s1. The fourth-order valence-electron chi connectivity index (χ4n) is 6.46. The number of fused-ring (bicyclic) bond motifs is 1. The van der Waals surface area contributed by atoms with Crippen LogP contribution >= 0.6 is 0 Å². The average molecular weight is 362 g/mol. The van der Waals surface area contributed by atoms with Crippen molar-refractivity contribution >= 4 is 11.8 Å². The Balaban J connectivity index is 1.56. The Morgan fingerprint density at radius 2 is 1.62 bits per heavy atom. The van der Waals surface area contributed by atoms with Gasteiger partial charge in [0.1, 0.15) is 0 Å². The minimum Gasteiger partial charge on any atom is -0.337 e. The van der Waals surface area contributed by atoms with Crippen molar-refractivity contribution in [3.8, 4) is 0 Å². The maximum atomic E-state index is 13.4. The van der Waals surface area contributed by atoms with Gasteiger partial charge < -0.3 is 9.80 Å². The molecule has 0 aromatic carbocycles. The van der Waals surface area contributed by atoms with Gasteiger partial charge in [-0.2, -0.15) is 0 Å². The van der Waals surface area contributed by atoms with Gasteiger partial charge >= 0.3 is 0 Å². The molecule has 26 heavy (non-hydrogen) atoms. The van der Waals surface area contributed by atoms with E-state index >= 15 is 0 Å². The van der Waals surface area contributed by atoms with Crippen LogP contribution in [0.15, 0.2) is 0 Å². The van der Waals surface area contributed by atoms with Gasteiger partial charge in [-0.25, -0.2) is 0 Å². The molecular weight excluding hydrogens is 326 g/mol. The second kappa shape index (κ2) is 7.14. The zero-order valence-corrected chi connectivity index (χ0v) is 16.6. The summed E-state index contributed by atoms with van der Waals surface area (Å²) in [6, 6.07) is 0.867. The Hall–Kier alpha value is -1.10. The van der Waals surface area contributed by atoms with E-state index in [1.165, 1.54) is 38.5 Å². The van der Waals surface area contributed by atoms with Crippen LogP contribution < -0.4 is 0 Å². The van der Waals surface area contributed by atoms with E-state index in [1.54, 1.807) is 6.92 Å². The van der Waals surface area contributed by atoms with Gasteiger partial charge in [-0.3, -0.25) is 14.5 Å². The molecule has 3 saturated heterocycles. The topological polar surface area (TPSA) is 43.9 Å². The quantitative estimate of drug-likeness (QED) is 0.759. The molecule has 5 nitrogen and oxygen atoms in total. The molecule has 3 heterocycles. The van der Waals surface area contributed by atoms with E-state index in [2.05, 4.69) is 21.6 Å². The van der Waals surface area contributed by atoms with Crippen LogP contribution in [0.4, 0.5) is 0 Å². The predicted octanol–water partition coefficient (Wildman–Crippen LogP) is 2.64. The zero-order chi connectivity index (χ0) is 18.3. The van der Waals surface area contributed by atoms with E-state index in [0.717, 1.165) is 38.9 Å². The van der Waals surface area contributed by atoms with Gasteiger partial charge in [0, 0.05) is 31.0 Å². The summed E-state index contributed by atoms with van der Waals surface area (Å²) in [6.07, 6.45) is 10.7. The molecule has 146 valence electrons. The Labute approximate surface area is 158 Å². The summed E-state index contributed by atoms with van der Waals surface area (Å²) in [6.45, 7) is 7.51. The summed E-state index contributed by atoms with van der Waals surface area (Å²) in [7, 11) is 0. The lowest BCUT2D eigenvalue weighted by atomic mass is 9.71. The largest absolute Gasteiger partial charge is 0.337 e. The maximum Gasteiger partial charge on any atom is 0.237 e. The number of amides is 2. The van der Waals surface area contributed by atoms with Crippen LogP contribution in [0.5, 0.6) is 0 Å². The molecule has 1 aliphatic carbocycles. The molecule has 0 aromatic heterocycles. The van der Waals surface area contributed by atoms with Crippen LogP contribution in [0.3, 0.4) is 0 Å². The van der Waals surface area contributed by atoms with Gasteiger partial charge in [-0.15, -0.1) is 0 Å².